The number of rotatable bonds is 2. The lowest BCUT2D eigenvalue weighted by Gasteiger charge is -2.04. The molecule has 0 fully saturated rings. The highest BCUT2D eigenvalue weighted by atomic mass is 16.1. The lowest BCUT2D eigenvalue weighted by atomic mass is 10.1. The second kappa shape index (κ2) is 5.66. The zero-order valence-corrected chi connectivity index (χ0v) is 11.6. The molecule has 0 aromatic carbocycles. The Morgan fingerprint density at radius 1 is 1.10 bits per heavy atom. The summed E-state index contributed by atoms with van der Waals surface area (Å²) in [7, 11) is 0. The Kier molecular flexibility index (Phi) is 3.55. The van der Waals surface area contributed by atoms with E-state index in [0.29, 0.717) is 22.8 Å². The molecule has 0 spiro atoms. The molecule has 0 radical (unpaired) electrons. The van der Waals surface area contributed by atoms with Gasteiger partial charge in [0.25, 0.3) is 0 Å². The SMILES string of the molecule is Cc1ccc(C2=NC(c3ccccn3)=CNC(=O)C2)nc1. The van der Waals surface area contributed by atoms with E-state index in [1.165, 1.54) is 0 Å². The highest BCUT2D eigenvalue weighted by molar-refractivity contribution is 6.12. The Bertz CT molecular complexity index is 718. The van der Waals surface area contributed by atoms with Crippen LogP contribution in [0.15, 0.2) is 53.9 Å². The standard InChI is InChI=1S/C16H14N4O/c1-11-5-6-13(18-9-11)14-8-16(21)19-10-15(20-14)12-4-2-3-7-17-12/h2-7,9-10H,8H2,1H3,(H,19,21). The third-order valence-corrected chi connectivity index (χ3v) is 3.09. The summed E-state index contributed by atoms with van der Waals surface area (Å²) in [5, 5.41) is 2.72. The van der Waals surface area contributed by atoms with E-state index in [1.807, 2.05) is 37.3 Å². The summed E-state index contributed by atoms with van der Waals surface area (Å²) in [6, 6.07) is 9.41. The summed E-state index contributed by atoms with van der Waals surface area (Å²) in [4.78, 5) is 25.0. The molecule has 0 saturated heterocycles. The van der Waals surface area contributed by atoms with Gasteiger partial charge in [0.1, 0.15) is 5.70 Å². The molecule has 0 aliphatic carbocycles. The molecule has 5 heteroatoms. The van der Waals surface area contributed by atoms with Crippen molar-refractivity contribution in [2.45, 2.75) is 13.3 Å². The number of carbonyl (C=O) groups excluding carboxylic acids is 1. The number of aliphatic imine (C=N–C) groups is 1. The number of pyridine rings is 2. The largest absolute Gasteiger partial charge is 0.330 e. The number of aryl methyl sites for hydroxylation is 1. The minimum atomic E-state index is -0.109. The van der Waals surface area contributed by atoms with E-state index in [1.54, 1.807) is 18.6 Å². The van der Waals surface area contributed by atoms with Gasteiger partial charge in [-0.15, -0.1) is 0 Å². The van der Waals surface area contributed by atoms with E-state index < -0.39 is 0 Å². The van der Waals surface area contributed by atoms with Crippen molar-refractivity contribution in [3.63, 3.8) is 0 Å². The molecule has 0 saturated carbocycles. The summed E-state index contributed by atoms with van der Waals surface area (Å²) in [5.74, 6) is -0.109. The minimum Gasteiger partial charge on any atom is -0.330 e. The number of hydrogen-bond acceptors (Lipinski definition) is 4. The van der Waals surface area contributed by atoms with E-state index in [-0.39, 0.29) is 12.3 Å². The highest BCUT2D eigenvalue weighted by Gasteiger charge is 2.16. The Morgan fingerprint density at radius 3 is 2.71 bits per heavy atom. The van der Waals surface area contributed by atoms with E-state index in [0.717, 1.165) is 5.56 Å². The second-order valence-corrected chi connectivity index (χ2v) is 4.77. The maximum atomic E-state index is 11.8. The first kappa shape index (κ1) is 13.2. The third kappa shape index (κ3) is 3.02. The van der Waals surface area contributed by atoms with Crippen LogP contribution in [0.1, 0.15) is 23.4 Å². The van der Waals surface area contributed by atoms with Gasteiger partial charge in [0, 0.05) is 18.6 Å². The molecule has 3 heterocycles. The number of hydrogen-bond donors (Lipinski definition) is 1. The molecule has 0 unspecified atom stereocenters. The van der Waals surface area contributed by atoms with Crippen LogP contribution in [0.3, 0.4) is 0 Å². The zero-order chi connectivity index (χ0) is 14.7. The van der Waals surface area contributed by atoms with Gasteiger partial charge in [0.2, 0.25) is 5.91 Å². The van der Waals surface area contributed by atoms with Gasteiger partial charge in [0.05, 0.1) is 23.5 Å². The van der Waals surface area contributed by atoms with E-state index in [4.69, 9.17) is 0 Å². The fourth-order valence-electron chi connectivity index (χ4n) is 2.00. The van der Waals surface area contributed by atoms with Gasteiger partial charge in [-0.2, -0.15) is 0 Å². The van der Waals surface area contributed by atoms with Crippen LogP contribution >= 0.6 is 0 Å². The Labute approximate surface area is 122 Å². The van der Waals surface area contributed by atoms with Crippen molar-refractivity contribution in [2.24, 2.45) is 4.99 Å². The maximum absolute atomic E-state index is 11.8. The predicted octanol–water partition coefficient (Wildman–Crippen LogP) is 2.09. The summed E-state index contributed by atoms with van der Waals surface area (Å²) >= 11 is 0. The third-order valence-electron chi connectivity index (χ3n) is 3.09. The van der Waals surface area contributed by atoms with Crippen molar-refractivity contribution in [3.05, 3.63) is 65.9 Å². The summed E-state index contributed by atoms with van der Waals surface area (Å²) in [6.07, 6.45) is 5.25. The van der Waals surface area contributed by atoms with Gasteiger partial charge >= 0.3 is 0 Å². The summed E-state index contributed by atoms with van der Waals surface area (Å²) < 4.78 is 0. The van der Waals surface area contributed by atoms with Crippen LogP contribution in [-0.4, -0.2) is 21.6 Å². The number of nitrogens with zero attached hydrogens (tertiary/aromatic N) is 3. The van der Waals surface area contributed by atoms with Crippen molar-refractivity contribution >= 4 is 17.3 Å². The lowest BCUT2D eigenvalue weighted by Crippen LogP contribution is -2.19. The maximum Gasteiger partial charge on any atom is 0.230 e. The Hall–Kier alpha value is -2.82. The van der Waals surface area contributed by atoms with Crippen molar-refractivity contribution in [2.75, 3.05) is 0 Å². The van der Waals surface area contributed by atoms with Crippen LogP contribution in [0.2, 0.25) is 0 Å². The molecule has 104 valence electrons. The van der Waals surface area contributed by atoms with Gasteiger partial charge in [-0.25, -0.2) is 4.99 Å². The van der Waals surface area contributed by atoms with E-state index in [9.17, 15) is 4.79 Å². The number of amides is 1. The molecule has 1 aliphatic heterocycles. The van der Waals surface area contributed by atoms with Gasteiger partial charge < -0.3 is 5.32 Å². The molecule has 1 aliphatic rings. The zero-order valence-electron chi connectivity index (χ0n) is 11.6. The lowest BCUT2D eigenvalue weighted by molar-refractivity contribution is -0.118. The first-order chi connectivity index (χ1) is 10.2. The quantitative estimate of drug-likeness (QED) is 0.914. The topological polar surface area (TPSA) is 67.2 Å². The number of carbonyl (C=O) groups is 1. The van der Waals surface area contributed by atoms with E-state index in [2.05, 4.69) is 20.3 Å². The second-order valence-electron chi connectivity index (χ2n) is 4.77. The molecule has 21 heavy (non-hydrogen) atoms. The van der Waals surface area contributed by atoms with Crippen LogP contribution in [0.4, 0.5) is 0 Å². The number of nitrogens with one attached hydrogen (secondary N) is 1. The minimum absolute atomic E-state index is 0.109. The van der Waals surface area contributed by atoms with Crippen LogP contribution < -0.4 is 5.32 Å². The van der Waals surface area contributed by atoms with Gasteiger partial charge in [-0.3, -0.25) is 14.8 Å². The van der Waals surface area contributed by atoms with Crippen LogP contribution in [0.5, 0.6) is 0 Å². The first-order valence-corrected chi connectivity index (χ1v) is 6.64. The predicted molar refractivity (Wildman–Crippen MR) is 80.5 cm³/mol. The van der Waals surface area contributed by atoms with Crippen LogP contribution in [-0.2, 0) is 4.79 Å². The van der Waals surface area contributed by atoms with Gasteiger partial charge in [0.15, 0.2) is 0 Å². The van der Waals surface area contributed by atoms with Crippen molar-refractivity contribution in [1.29, 1.82) is 0 Å². The molecule has 5 nitrogen and oxygen atoms in total. The summed E-state index contributed by atoms with van der Waals surface area (Å²) in [5.41, 5.74) is 3.75. The normalized spacial score (nSPS) is 14.8. The van der Waals surface area contributed by atoms with Crippen LogP contribution in [0.25, 0.3) is 5.70 Å². The molecule has 0 bridgehead atoms. The molecule has 1 N–H and O–H groups in total. The number of aromatic nitrogens is 2. The average Bonchev–Trinajstić information content (AvgIpc) is 2.71. The Morgan fingerprint density at radius 2 is 2.00 bits per heavy atom. The fraction of sp³-hybridized carbons (Fsp3) is 0.125. The molecule has 3 rings (SSSR count). The summed E-state index contributed by atoms with van der Waals surface area (Å²) in [6.45, 7) is 1.97. The van der Waals surface area contributed by atoms with Crippen molar-refractivity contribution in [1.82, 2.24) is 15.3 Å². The van der Waals surface area contributed by atoms with Gasteiger partial charge in [-0.05, 0) is 30.7 Å². The monoisotopic (exact) mass is 278 g/mol. The van der Waals surface area contributed by atoms with E-state index >= 15 is 0 Å². The molecular weight excluding hydrogens is 264 g/mol. The highest BCUT2D eigenvalue weighted by Crippen LogP contribution is 2.17. The Balaban J connectivity index is 2.02. The molecule has 2 aromatic rings. The molecule has 1 amide bonds. The fourth-order valence-corrected chi connectivity index (χ4v) is 2.00. The molecule has 2 aromatic heterocycles. The smallest absolute Gasteiger partial charge is 0.230 e. The van der Waals surface area contributed by atoms with Crippen LogP contribution in [0, 0.1) is 6.92 Å². The van der Waals surface area contributed by atoms with Crippen molar-refractivity contribution < 1.29 is 4.79 Å². The van der Waals surface area contributed by atoms with Crippen molar-refractivity contribution in [3.8, 4) is 0 Å². The molecule has 0 atom stereocenters. The molecular formula is C16H14N4O. The first-order valence-electron chi connectivity index (χ1n) is 6.64. The van der Waals surface area contributed by atoms with Gasteiger partial charge in [-0.1, -0.05) is 12.1 Å². The average molecular weight is 278 g/mol.